The van der Waals surface area contributed by atoms with Gasteiger partial charge in [-0.1, -0.05) is 0 Å². The van der Waals surface area contributed by atoms with Gasteiger partial charge in [0, 0.05) is 13.6 Å². The molecular weight excluding hydrogens is 240 g/mol. The third kappa shape index (κ3) is 2.68. The molecule has 102 valence electrons. The molecule has 1 fully saturated rings. The number of anilines is 1. The highest BCUT2D eigenvalue weighted by Gasteiger charge is 2.11. The van der Waals surface area contributed by atoms with Crippen molar-refractivity contribution in [3.05, 3.63) is 12.5 Å². The first-order valence-corrected chi connectivity index (χ1v) is 6.93. The summed E-state index contributed by atoms with van der Waals surface area (Å²) >= 11 is 0. The van der Waals surface area contributed by atoms with Crippen molar-refractivity contribution in [2.45, 2.75) is 19.3 Å². The molecule has 3 rings (SSSR count). The molecule has 0 amide bonds. The van der Waals surface area contributed by atoms with Crippen LogP contribution in [0.5, 0.6) is 0 Å². The van der Waals surface area contributed by atoms with Crippen LogP contribution >= 0.6 is 0 Å². The molecule has 3 heterocycles. The lowest BCUT2D eigenvalue weighted by molar-refractivity contribution is 0.337. The minimum Gasteiger partial charge on any atom is -0.369 e. The van der Waals surface area contributed by atoms with E-state index in [1.165, 1.54) is 32.5 Å². The van der Waals surface area contributed by atoms with Crippen LogP contribution in [0, 0.1) is 0 Å². The molecule has 2 aromatic rings. The highest BCUT2D eigenvalue weighted by Crippen LogP contribution is 2.17. The number of fused-ring (bicyclic) bond motifs is 1. The van der Waals surface area contributed by atoms with Gasteiger partial charge in [0.15, 0.2) is 5.65 Å². The molecule has 2 aromatic heterocycles. The summed E-state index contributed by atoms with van der Waals surface area (Å²) in [5.74, 6) is 0.888. The Bertz CT molecular complexity index is 543. The quantitative estimate of drug-likeness (QED) is 0.820. The third-order valence-electron chi connectivity index (χ3n) is 3.67. The average Bonchev–Trinajstić information content (AvgIpc) is 3.06. The lowest BCUT2D eigenvalue weighted by Gasteiger charge is -2.14. The summed E-state index contributed by atoms with van der Waals surface area (Å²) in [6.45, 7) is 4.65. The Morgan fingerprint density at radius 3 is 2.95 bits per heavy atom. The lowest BCUT2D eigenvalue weighted by atomic mass is 10.3. The van der Waals surface area contributed by atoms with Gasteiger partial charge < -0.3 is 10.2 Å². The first-order valence-electron chi connectivity index (χ1n) is 6.93. The van der Waals surface area contributed by atoms with Gasteiger partial charge in [-0.05, 0) is 38.9 Å². The zero-order chi connectivity index (χ0) is 13.1. The Morgan fingerprint density at radius 2 is 2.11 bits per heavy atom. The lowest BCUT2D eigenvalue weighted by Crippen LogP contribution is -2.22. The van der Waals surface area contributed by atoms with Crippen molar-refractivity contribution in [1.29, 1.82) is 0 Å². The number of hydrogen-bond acceptors (Lipinski definition) is 5. The number of aryl methyl sites for hydroxylation is 1. The minimum atomic E-state index is 0.872. The van der Waals surface area contributed by atoms with Crippen molar-refractivity contribution in [3.63, 3.8) is 0 Å². The first kappa shape index (κ1) is 12.3. The van der Waals surface area contributed by atoms with Crippen LogP contribution in [0.25, 0.3) is 11.0 Å². The van der Waals surface area contributed by atoms with E-state index >= 15 is 0 Å². The number of nitrogens with zero attached hydrogens (tertiary/aromatic N) is 5. The molecule has 6 heteroatoms. The fourth-order valence-electron chi connectivity index (χ4n) is 2.62. The second-order valence-corrected chi connectivity index (χ2v) is 5.06. The number of aromatic nitrogens is 4. The van der Waals surface area contributed by atoms with E-state index in [2.05, 4.69) is 25.3 Å². The summed E-state index contributed by atoms with van der Waals surface area (Å²) in [5, 5.41) is 8.60. The van der Waals surface area contributed by atoms with Gasteiger partial charge >= 0.3 is 0 Å². The molecule has 1 saturated heterocycles. The number of likely N-dealkylation sites (tertiary alicyclic amines) is 1. The van der Waals surface area contributed by atoms with Gasteiger partial charge in [0.2, 0.25) is 0 Å². The van der Waals surface area contributed by atoms with E-state index in [4.69, 9.17) is 0 Å². The predicted molar refractivity (Wildman–Crippen MR) is 75.1 cm³/mol. The molecule has 0 saturated carbocycles. The average molecular weight is 260 g/mol. The molecule has 1 N–H and O–H groups in total. The summed E-state index contributed by atoms with van der Waals surface area (Å²) in [5.41, 5.74) is 0.872. The van der Waals surface area contributed by atoms with Crippen molar-refractivity contribution in [2.75, 3.05) is 31.5 Å². The van der Waals surface area contributed by atoms with Crippen LogP contribution in [0.3, 0.4) is 0 Å². The maximum absolute atomic E-state index is 4.30. The Morgan fingerprint density at radius 1 is 1.26 bits per heavy atom. The Labute approximate surface area is 112 Å². The third-order valence-corrected chi connectivity index (χ3v) is 3.67. The Hall–Kier alpha value is -1.69. The van der Waals surface area contributed by atoms with Crippen LogP contribution in [0.4, 0.5) is 5.82 Å². The standard InChI is InChI=1S/C13H20N6/c1-18-13-11(9-17-18)12(15-10-16-13)14-5-4-8-19-6-2-3-7-19/h9-10H,2-8H2,1H3,(H,14,15,16). The molecule has 0 unspecified atom stereocenters. The van der Waals surface area contributed by atoms with E-state index in [1.54, 1.807) is 11.0 Å². The van der Waals surface area contributed by atoms with Crippen LogP contribution in [0.15, 0.2) is 12.5 Å². The first-order chi connectivity index (χ1) is 9.34. The molecule has 0 aromatic carbocycles. The van der Waals surface area contributed by atoms with E-state index in [0.717, 1.165) is 29.8 Å². The number of nitrogens with one attached hydrogen (secondary N) is 1. The highest BCUT2D eigenvalue weighted by molar-refractivity contribution is 5.85. The molecule has 1 aliphatic heterocycles. The van der Waals surface area contributed by atoms with Gasteiger partial charge in [0.1, 0.15) is 12.1 Å². The fraction of sp³-hybridized carbons (Fsp3) is 0.615. The normalized spacial score (nSPS) is 16.3. The zero-order valence-electron chi connectivity index (χ0n) is 11.3. The molecule has 19 heavy (non-hydrogen) atoms. The molecule has 6 nitrogen and oxygen atoms in total. The number of hydrogen-bond donors (Lipinski definition) is 1. The summed E-state index contributed by atoms with van der Waals surface area (Å²) in [7, 11) is 1.90. The van der Waals surface area contributed by atoms with Crippen molar-refractivity contribution >= 4 is 16.9 Å². The van der Waals surface area contributed by atoms with Crippen LogP contribution in [0.1, 0.15) is 19.3 Å². The van der Waals surface area contributed by atoms with Gasteiger partial charge in [-0.25, -0.2) is 9.97 Å². The topological polar surface area (TPSA) is 58.9 Å². The van der Waals surface area contributed by atoms with E-state index in [1.807, 2.05) is 13.2 Å². The molecule has 0 atom stereocenters. The van der Waals surface area contributed by atoms with Crippen LogP contribution < -0.4 is 5.32 Å². The summed E-state index contributed by atoms with van der Waals surface area (Å²) in [4.78, 5) is 11.1. The van der Waals surface area contributed by atoms with Crippen LogP contribution in [0.2, 0.25) is 0 Å². The molecule has 1 aliphatic rings. The predicted octanol–water partition coefficient (Wildman–Crippen LogP) is 1.26. The second-order valence-electron chi connectivity index (χ2n) is 5.06. The van der Waals surface area contributed by atoms with Crippen molar-refractivity contribution in [3.8, 4) is 0 Å². The number of rotatable bonds is 5. The maximum atomic E-state index is 4.30. The van der Waals surface area contributed by atoms with Gasteiger partial charge in [-0.3, -0.25) is 4.68 Å². The van der Waals surface area contributed by atoms with Gasteiger partial charge in [-0.15, -0.1) is 0 Å². The molecule has 0 spiro atoms. The maximum Gasteiger partial charge on any atom is 0.163 e. The largest absolute Gasteiger partial charge is 0.369 e. The molecule has 0 aliphatic carbocycles. The Balaban J connectivity index is 1.56. The van der Waals surface area contributed by atoms with E-state index in [9.17, 15) is 0 Å². The smallest absolute Gasteiger partial charge is 0.163 e. The van der Waals surface area contributed by atoms with Gasteiger partial charge in [0.25, 0.3) is 0 Å². The zero-order valence-corrected chi connectivity index (χ0v) is 11.3. The van der Waals surface area contributed by atoms with Crippen LogP contribution in [-0.2, 0) is 7.05 Å². The monoisotopic (exact) mass is 260 g/mol. The van der Waals surface area contributed by atoms with Crippen molar-refractivity contribution in [1.82, 2.24) is 24.6 Å². The van der Waals surface area contributed by atoms with Gasteiger partial charge in [-0.2, -0.15) is 5.10 Å². The fourth-order valence-corrected chi connectivity index (χ4v) is 2.62. The van der Waals surface area contributed by atoms with E-state index in [-0.39, 0.29) is 0 Å². The van der Waals surface area contributed by atoms with E-state index < -0.39 is 0 Å². The van der Waals surface area contributed by atoms with Crippen molar-refractivity contribution < 1.29 is 0 Å². The minimum absolute atomic E-state index is 0.872. The molecular formula is C13H20N6. The Kier molecular flexibility index (Phi) is 3.59. The SMILES string of the molecule is Cn1ncc2c(NCCCN3CCCC3)ncnc21. The molecule has 0 bridgehead atoms. The summed E-state index contributed by atoms with van der Waals surface area (Å²) in [6.07, 6.45) is 7.27. The summed E-state index contributed by atoms with van der Waals surface area (Å²) in [6, 6.07) is 0. The van der Waals surface area contributed by atoms with Crippen molar-refractivity contribution in [2.24, 2.45) is 7.05 Å². The second kappa shape index (κ2) is 5.52. The summed E-state index contributed by atoms with van der Waals surface area (Å²) < 4.78 is 1.77. The van der Waals surface area contributed by atoms with E-state index in [0.29, 0.717) is 0 Å². The highest BCUT2D eigenvalue weighted by atomic mass is 15.3. The van der Waals surface area contributed by atoms with Gasteiger partial charge in [0.05, 0.1) is 11.6 Å². The molecule has 0 radical (unpaired) electrons. The van der Waals surface area contributed by atoms with Crippen LogP contribution in [-0.4, -0.2) is 50.8 Å².